The first-order chi connectivity index (χ1) is 10.6. The molecule has 0 aliphatic rings. The van der Waals surface area contributed by atoms with Gasteiger partial charge in [-0.3, -0.25) is 13.8 Å². The summed E-state index contributed by atoms with van der Waals surface area (Å²) >= 11 is 1.38. The van der Waals surface area contributed by atoms with Crippen LogP contribution in [0.2, 0.25) is 0 Å². The smallest absolute Gasteiger partial charge is 0.279 e. The number of hydrogen-bond acceptors (Lipinski definition) is 4. The number of nitrogens with zero attached hydrogens (tertiary/aromatic N) is 4. The van der Waals surface area contributed by atoms with E-state index in [1.807, 2.05) is 32.0 Å². The van der Waals surface area contributed by atoms with Gasteiger partial charge in [0.1, 0.15) is 0 Å². The summed E-state index contributed by atoms with van der Waals surface area (Å²) in [7, 11) is 0. The molecule has 0 saturated heterocycles. The monoisotopic (exact) mass is 310 g/mol. The van der Waals surface area contributed by atoms with Gasteiger partial charge in [0.15, 0.2) is 5.16 Å². The van der Waals surface area contributed by atoms with Crippen molar-refractivity contribution in [1.29, 1.82) is 0 Å². The van der Waals surface area contributed by atoms with E-state index in [9.17, 15) is 4.79 Å². The lowest BCUT2D eigenvalue weighted by atomic mass is 10.1. The van der Waals surface area contributed by atoms with Crippen LogP contribution in [0.25, 0.3) is 11.3 Å². The van der Waals surface area contributed by atoms with Crippen molar-refractivity contribution in [2.45, 2.75) is 19.0 Å². The molecule has 0 aliphatic carbocycles. The minimum atomic E-state index is -0.198. The second-order valence-electron chi connectivity index (χ2n) is 4.86. The molecular weight excluding hydrogens is 296 g/mol. The van der Waals surface area contributed by atoms with E-state index in [1.165, 1.54) is 11.8 Å². The van der Waals surface area contributed by atoms with E-state index >= 15 is 0 Å². The van der Waals surface area contributed by atoms with Crippen LogP contribution in [-0.2, 0) is 0 Å². The van der Waals surface area contributed by atoms with E-state index in [0.29, 0.717) is 16.6 Å². The summed E-state index contributed by atoms with van der Waals surface area (Å²) in [6.07, 6.45) is 8.78. The fourth-order valence-corrected chi connectivity index (χ4v) is 2.85. The van der Waals surface area contributed by atoms with E-state index in [1.54, 1.807) is 21.4 Å². The Morgan fingerprint density at radius 2 is 2.09 bits per heavy atom. The largest absolute Gasteiger partial charge is 0.300 e. The van der Waals surface area contributed by atoms with E-state index in [4.69, 9.17) is 6.42 Å². The summed E-state index contributed by atoms with van der Waals surface area (Å²) in [4.78, 5) is 12.7. The lowest BCUT2D eigenvalue weighted by molar-refractivity contribution is 0.891. The highest BCUT2D eigenvalue weighted by Gasteiger charge is 2.12. The summed E-state index contributed by atoms with van der Waals surface area (Å²) in [5, 5.41) is 8.66. The van der Waals surface area contributed by atoms with Crippen molar-refractivity contribution in [3.8, 4) is 18.0 Å². The summed E-state index contributed by atoms with van der Waals surface area (Å²) in [6.45, 7) is 4.02. The van der Waals surface area contributed by atoms with Crippen LogP contribution in [0.5, 0.6) is 0 Å². The number of benzene rings is 1. The Morgan fingerprint density at radius 3 is 2.86 bits per heavy atom. The van der Waals surface area contributed by atoms with E-state index in [-0.39, 0.29) is 5.56 Å². The number of hydrogen-bond donors (Lipinski definition) is 0. The predicted octanol–water partition coefficient (Wildman–Crippen LogP) is 2.22. The van der Waals surface area contributed by atoms with Gasteiger partial charge in [-0.15, -0.1) is 16.6 Å². The summed E-state index contributed by atoms with van der Waals surface area (Å²) in [5.41, 5.74) is 3.15. The summed E-state index contributed by atoms with van der Waals surface area (Å²) in [5.74, 6) is 3.02. The molecule has 0 N–H and O–H groups in total. The highest BCUT2D eigenvalue weighted by molar-refractivity contribution is 7.99. The molecular formula is C16H14N4OS. The SMILES string of the molecule is C#CCSc1nnc2c(=O)n(-c3cccc(C)c3C)ccn12. The van der Waals surface area contributed by atoms with Crippen molar-refractivity contribution < 1.29 is 0 Å². The third-order valence-electron chi connectivity index (χ3n) is 3.56. The maximum atomic E-state index is 12.7. The minimum absolute atomic E-state index is 0.198. The van der Waals surface area contributed by atoms with Gasteiger partial charge in [-0.2, -0.15) is 0 Å². The zero-order valence-electron chi connectivity index (χ0n) is 12.3. The molecule has 0 saturated carbocycles. The molecule has 0 aliphatic heterocycles. The average molecular weight is 310 g/mol. The van der Waals surface area contributed by atoms with Gasteiger partial charge in [0, 0.05) is 12.4 Å². The number of terminal acetylenes is 1. The van der Waals surface area contributed by atoms with Gasteiger partial charge in [0.25, 0.3) is 0 Å². The van der Waals surface area contributed by atoms with Crippen LogP contribution < -0.4 is 5.56 Å². The minimum Gasteiger partial charge on any atom is -0.279 e. The first kappa shape index (κ1) is 14.4. The Balaban J connectivity index is 2.18. The standard InChI is InChI=1S/C16H14N4OS/c1-4-10-22-16-18-17-14-15(21)19(8-9-20(14)16)13-7-5-6-11(2)12(13)3/h1,5-9H,10H2,2-3H3. The molecule has 0 radical (unpaired) electrons. The van der Waals surface area contributed by atoms with Crippen molar-refractivity contribution in [3.63, 3.8) is 0 Å². The molecule has 0 fully saturated rings. The Morgan fingerprint density at radius 1 is 1.27 bits per heavy atom. The highest BCUT2D eigenvalue weighted by Crippen LogP contribution is 2.18. The second-order valence-corrected chi connectivity index (χ2v) is 5.80. The molecule has 110 valence electrons. The Kier molecular flexibility index (Phi) is 3.73. The zero-order valence-corrected chi connectivity index (χ0v) is 13.1. The molecule has 5 nitrogen and oxygen atoms in total. The molecule has 6 heteroatoms. The van der Waals surface area contributed by atoms with Gasteiger partial charge in [-0.1, -0.05) is 29.8 Å². The second kappa shape index (κ2) is 5.70. The van der Waals surface area contributed by atoms with E-state index in [0.717, 1.165) is 16.8 Å². The molecule has 0 unspecified atom stereocenters. The molecule has 2 heterocycles. The van der Waals surface area contributed by atoms with Crippen LogP contribution in [0.1, 0.15) is 11.1 Å². The Labute approximate surface area is 132 Å². The zero-order chi connectivity index (χ0) is 15.7. The number of aromatic nitrogens is 4. The van der Waals surface area contributed by atoms with Crippen LogP contribution in [0, 0.1) is 26.2 Å². The van der Waals surface area contributed by atoms with Crippen LogP contribution in [-0.4, -0.2) is 24.9 Å². The molecule has 0 atom stereocenters. The number of rotatable bonds is 3. The molecule has 1 aromatic carbocycles. The van der Waals surface area contributed by atoms with Gasteiger partial charge >= 0.3 is 5.56 Å². The summed E-state index contributed by atoms with van der Waals surface area (Å²) in [6, 6.07) is 5.88. The van der Waals surface area contributed by atoms with Crippen LogP contribution in [0.3, 0.4) is 0 Å². The van der Waals surface area contributed by atoms with E-state index < -0.39 is 0 Å². The van der Waals surface area contributed by atoms with Crippen LogP contribution in [0.15, 0.2) is 40.5 Å². The van der Waals surface area contributed by atoms with Crippen LogP contribution >= 0.6 is 11.8 Å². The lowest BCUT2D eigenvalue weighted by Crippen LogP contribution is -2.21. The average Bonchev–Trinajstić information content (AvgIpc) is 2.93. The molecule has 22 heavy (non-hydrogen) atoms. The van der Waals surface area contributed by atoms with Crippen LogP contribution in [0.4, 0.5) is 0 Å². The number of thioether (sulfide) groups is 1. The maximum Gasteiger partial charge on any atom is 0.300 e. The maximum absolute atomic E-state index is 12.7. The topological polar surface area (TPSA) is 52.2 Å². The third kappa shape index (κ3) is 2.30. The van der Waals surface area contributed by atoms with Crippen molar-refractivity contribution >= 4 is 17.4 Å². The molecule has 0 amide bonds. The van der Waals surface area contributed by atoms with Crippen molar-refractivity contribution in [2.75, 3.05) is 5.75 Å². The third-order valence-corrected chi connectivity index (χ3v) is 4.41. The van der Waals surface area contributed by atoms with Gasteiger partial charge in [0.05, 0.1) is 11.4 Å². The fraction of sp³-hybridized carbons (Fsp3) is 0.188. The predicted molar refractivity (Wildman–Crippen MR) is 87.6 cm³/mol. The van der Waals surface area contributed by atoms with Crippen molar-refractivity contribution in [2.24, 2.45) is 0 Å². The quantitative estimate of drug-likeness (QED) is 0.550. The molecule has 2 aromatic heterocycles. The molecule has 0 bridgehead atoms. The van der Waals surface area contributed by atoms with Crippen molar-refractivity contribution in [3.05, 3.63) is 52.1 Å². The van der Waals surface area contributed by atoms with Crippen molar-refractivity contribution in [1.82, 2.24) is 19.2 Å². The van der Waals surface area contributed by atoms with Gasteiger partial charge < -0.3 is 0 Å². The number of aryl methyl sites for hydroxylation is 1. The normalized spacial score (nSPS) is 10.8. The lowest BCUT2D eigenvalue weighted by Gasteiger charge is -2.11. The molecule has 3 aromatic rings. The first-order valence-electron chi connectivity index (χ1n) is 6.72. The van der Waals surface area contributed by atoms with Gasteiger partial charge in [0.2, 0.25) is 5.65 Å². The van der Waals surface area contributed by atoms with Gasteiger partial charge in [-0.25, -0.2) is 0 Å². The Bertz CT molecular complexity index is 949. The van der Waals surface area contributed by atoms with E-state index in [2.05, 4.69) is 16.1 Å². The summed E-state index contributed by atoms with van der Waals surface area (Å²) < 4.78 is 3.27. The molecule has 3 rings (SSSR count). The van der Waals surface area contributed by atoms with Gasteiger partial charge in [-0.05, 0) is 31.0 Å². The highest BCUT2D eigenvalue weighted by atomic mass is 32.2. The molecule has 0 spiro atoms. The Hall–Kier alpha value is -2.52. The first-order valence-corrected chi connectivity index (χ1v) is 7.71. The fourth-order valence-electron chi connectivity index (χ4n) is 2.26. The number of fused-ring (bicyclic) bond motifs is 1.